The van der Waals surface area contributed by atoms with Crippen LogP contribution in [0.3, 0.4) is 0 Å². The minimum Gasteiger partial charge on any atom is -0.480 e. The summed E-state index contributed by atoms with van der Waals surface area (Å²) in [7, 11) is 0. The summed E-state index contributed by atoms with van der Waals surface area (Å²) in [5.41, 5.74) is 0.669. The Balaban J connectivity index is 2.33. The lowest BCUT2D eigenvalue weighted by molar-refractivity contribution is -0.135. The molecule has 0 bridgehead atoms. The zero-order valence-electron chi connectivity index (χ0n) is 9.71. The predicted octanol–water partition coefficient (Wildman–Crippen LogP) is 1.79. The number of carbonyl (C=O) groups excluding carboxylic acids is 1. The van der Waals surface area contributed by atoms with Crippen LogP contribution in [0.15, 0.2) is 36.5 Å². The van der Waals surface area contributed by atoms with Crippen LogP contribution in [0.5, 0.6) is 0 Å². The first-order valence-electron chi connectivity index (χ1n) is 5.36. The van der Waals surface area contributed by atoms with Gasteiger partial charge in [-0.1, -0.05) is 11.6 Å². The highest BCUT2D eigenvalue weighted by Gasteiger charge is 2.21. The lowest BCUT2D eigenvalue weighted by atomic mass is 10.2. The van der Waals surface area contributed by atoms with Crippen molar-refractivity contribution >= 4 is 29.2 Å². The Kier molecular flexibility index (Phi) is 3.82. The molecule has 0 radical (unpaired) electrons. The highest BCUT2D eigenvalue weighted by Crippen LogP contribution is 2.19. The van der Waals surface area contributed by atoms with Gasteiger partial charge in [0.1, 0.15) is 12.2 Å². The van der Waals surface area contributed by atoms with Crippen molar-refractivity contribution in [1.29, 1.82) is 0 Å². The lowest BCUT2D eigenvalue weighted by Gasteiger charge is -2.20. The number of carboxylic acid groups (broad SMARTS) is 1. The Morgan fingerprint density at radius 2 is 1.95 bits per heavy atom. The van der Waals surface area contributed by atoms with Crippen molar-refractivity contribution in [2.75, 3.05) is 11.4 Å². The molecule has 0 aliphatic carbocycles. The summed E-state index contributed by atoms with van der Waals surface area (Å²) >= 11 is 5.77. The number of aromatic amines is 1. The topological polar surface area (TPSA) is 86.3 Å². The Bertz CT molecular complexity index is 581. The van der Waals surface area contributed by atoms with Crippen molar-refractivity contribution in [2.24, 2.45) is 0 Å². The second kappa shape index (κ2) is 5.53. The van der Waals surface area contributed by atoms with Gasteiger partial charge in [-0.25, -0.2) is 0 Å². The summed E-state index contributed by atoms with van der Waals surface area (Å²) in [6.45, 7) is -0.445. The van der Waals surface area contributed by atoms with Crippen LogP contribution in [0.2, 0.25) is 5.02 Å². The normalized spacial score (nSPS) is 10.2. The maximum Gasteiger partial charge on any atom is 0.323 e. The Labute approximate surface area is 113 Å². The van der Waals surface area contributed by atoms with E-state index in [-0.39, 0.29) is 5.69 Å². The first-order chi connectivity index (χ1) is 9.08. The molecular weight excluding hydrogens is 270 g/mol. The molecule has 0 saturated carbocycles. The molecule has 98 valence electrons. The third-order valence-corrected chi connectivity index (χ3v) is 2.66. The first-order valence-corrected chi connectivity index (χ1v) is 5.74. The van der Waals surface area contributed by atoms with Crippen molar-refractivity contribution in [2.45, 2.75) is 0 Å². The molecule has 0 spiro atoms. The number of halogens is 1. The van der Waals surface area contributed by atoms with E-state index in [4.69, 9.17) is 16.7 Å². The SMILES string of the molecule is O=C(O)CN(C(=O)c1ccn[nH]1)c1ccc(Cl)cc1. The fraction of sp³-hybridized carbons (Fsp3) is 0.0833. The van der Waals surface area contributed by atoms with E-state index >= 15 is 0 Å². The smallest absolute Gasteiger partial charge is 0.323 e. The number of anilines is 1. The van der Waals surface area contributed by atoms with Crippen LogP contribution >= 0.6 is 11.6 Å². The molecule has 2 aromatic rings. The predicted molar refractivity (Wildman–Crippen MR) is 69.4 cm³/mol. The van der Waals surface area contributed by atoms with Gasteiger partial charge in [-0.2, -0.15) is 5.10 Å². The molecule has 0 aliphatic rings. The Hall–Kier alpha value is -2.34. The number of aromatic nitrogens is 2. The number of amides is 1. The average Bonchev–Trinajstić information content (AvgIpc) is 2.90. The number of aliphatic carboxylic acids is 1. The highest BCUT2D eigenvalue weighted by atomic mass is 35.5. The Morgan fingerprint density at radius 3 is 2.47 bits per heavy atom. The van der Waals surface area contributed by atoms with Crippen LogP contribution in [-0.4, -0.2) is 33.7 Å². The zero-order chi connectivity index (χ0) is 13.8. The van der Waals surface area contributed by atoms with Crippen LogP contribution in [0.1, 0.15) is 10.5 Å². The van der Waals surface area contributed by atoms with Gasteiger partial charge in [-0.15, -0.1) is 0 Å². The van der Waals surface area contributed by atoms with Gasteiger partial charge in [-0.3, -0.25) is 19.6 Å². The minimum atomic E-state index is -1.11. The quantitative estimate of drug-likeness (QED) is 0.893. The molecule has 2 rings (SSSR count). The van der Waals surface area contributed by atoms with Crippen LogP contribution in [0, 0.1) is 0 Å². The van der Waals surface area contributed by atoms with Crippen molar-refractivity contribution in [3.63, 3.8) is 0 Å². The number of H-pyrrole nitrogens is 1. The van der Waals surface area contributed by atoms with E-state index in [2.05, 4.69) is 10.2 Å². The second-order valence-corrected chi connectivity index (χ2v) is 4.17. The zero-order valence-corrected chi connectivity index (χ0v) is 10.5. The van der Waals surface area contributed by atoms with E-state index in [9.17, 15) is 9.59 Å². The molecule has 1 aromatic heterocycles. The van der Waals surface area contributed by atoms with Crippen LogP contribution < -0.4 is 4.90 Å². The molecular formula is C12H10ClN3O3. The standard InChI is InChI=1S/C12H10ClN3O3/c13-8-1-3-9(4-2-8)16(7-11(17)18)12(19)10-5-6-14-15-10/h1-6H,7H2,(H,14,15)(H,17,18). The van der Waals surface area contributed by atoms with Gasteiger partial charge in [0.25, 0.3) is 5.91 Å². The van der Waals surface area contributed by atoms with E-state index in [0.717, 1.165) is 4.90 Å². The molecule has 0 unspecified atom stereocenters. The summed E-state index contributed by atoms with van der Waals surface area (Å²) in [6, 6.07) is 7.82. The first kappa shape index (κ1) is 13.1. The van der Waals surface area contributed by atoms with E-state index in [0.29, 0.717) is 10.7 Å². The molecule has 1 heterocycles. The van der Waals surface area contributed by atoms with Crippen molar-refractivity contribution < 1.29 is 14.7 Å². The molecule has 2 N–H and O–H groups in total. The van der Waals surface area contributed by atoms with Crippen molar-refractivity contribution in [3.8, 4) is 0 Å². The molecule has 0 fully saturated rings. The molecule has 0 saturated heterocycles. The number of carboxylic acids is 1. The largest absolute Gasteiger partial charge is 0.480 e. The van der Waals surface area contributed by atoms with Crippen molar-refractivity contribution in [1.82, 2.24) is 10.2 Å². The number of nitrogens with one attached hydrogen (secondary N) is 1. The van der Waals surface area contributed by atoms with Gasteiger partial charge in [0.05, 0.1) is 0 Å². The number of benzene rings is 1. The molecule has 0 atom stereocenters. The van der Waals surface area contributed by atoms with E-state index in [1.54, 1.807) is 24.3 Å². The van der Waals surface area contributed by atoms with Gasteiger partial charge in [-0.05, 0) is 30.3 Å². The van der Waals surface area contributed by atoms with Crippen LogP contribution in [-0.2, 0) is 4.79 Å². The summed E-state index contributed by atoms with van der Waals surface area (Å²) in [6.07, 6.45) is 1.42. The average molecular weight is 280 g/mol. The minimum absolute atomic E-state index is 0.219. The maximum atomic E-state index is 12.2. The van der Waals surface area contributed by atoms with Gasteiger partial charge in [0.15, 0.2) is 0 Å². The van der Waals surface area contributed by atoms with Gasteiger partial charge in [0.2, 0.25) is 0 Å². The summed E-state index contributed by atoms with van der Waals surface area (Å²) in [4.78, 5) is 24.2. The molecule has 6 nitrogen and oxygen atoms in total. The molecule has 19 heavy (non-hydrogen) atoms. The van der Waals surface area contributed by atoms with Crippen molar-refractivity contribution in [3.05, 3.63) is 47.2 Å². The van der Waals surface area contributed by atoms with Gasteiger partial charge >= 0.3 is 5.97 Å². The number of nitrogens with zero attached hydrogens (tertiary/aromatic N) is 2. The second-order valence-electron chi connectivity index (χ2n) is 3.73. The lowest BCUT2D eigenvalue weighted by Crippen LogP contribution is -2.35. The Morgan fingerprint density at radius 1 is 1.26 bits per heavy atom. The molecule has 1 amide bonds. The number of hydrogen-bond donors (Lipinski definition) is 2. The maximum absolute atomic E-state index is 12.2. The number of rotatable bonds is 4. The monoisotopic (exact) mass is 279 g/mol. The third-order valence-electron chi connectivity index (χ3n) is 2.41. The van der Waals surface area contributed by atoms with E-state index in [1.807, 2.05) is 0 Å². The van der Waals surface area contributed by atoms with Gasteiger partial charge in [0, 0.05) is 16.9 Å². The molecule has 0 aliphatic heterocycles. The highest BCUT2D eigenvalue weighted by molar-refractivity contribution is 6.30. The van der Waals surface area contributed by atoms with Crippen LogP contribution in [0.25, 0.3) is 0 Å². The van der Waals surface area contributed by atoms with Gasteiger partial charge < -0.3 is 5.11 Å². The van der Waals surface area contributed by atoms with Crippen LogP contribution in [0.4, 0.5) is 5.69 Å². The number of hydrogen-bond acceptors (Lipinski definition) is 3. The fourth-order valence-electron chi connectivity index (χ4n) is 1.56. The summed E-state index contributed by atoms with van der Waals surface area (Å²) in [5.74, 6) is -1.58. The van der Waals surface area contributed by atoms with E-state index < -0.39 is 18.4 Å². The third kappa shape index (κ3) is 3.11. The fourth-order valence-corrected chi connectivity index (χ4v) is 1.68. The van der Waals surface area contributed by atoms with E-state index in [1.165, 1.54) is 12.3 Å². The summed E-state index contributed by atoms with van der Waals surface area (Å²) in [5, 5.41) is 15.6. The number of carbonyl (C=O) groups is 2. The molecule has 7 heteroatoms. The molecule has 1 aromatic carbocycles. The summed E-state index contributed by atoms with van der Waals surface area (Å²) < 4.78 is 0.